The van der Waals surface area contributed by atoms with Crippen molar-refractivity contribution >= 4 is 32.7 Å². The Morgan fingerprint density at radius 1 is 1.20 bits per heavy atom. The molecule has 25 heavy (non-hydrogen) atoms. The lowest BCUT2D eigenvalue weighted by Gasteiger charge is -2.29. The summed E-state index contributed by atoms with van der Waals surface area (Å²) in [5, 5.41) is 12.2. The van der Waals surface area contributed by atoms with Crippen LogP contribution in [0.1, 0.15) is 29.5 Å². The third kappa shape index (κ3) is 3.29. The van der Waals surface area contributed by atoms with E-state index < -0.39 is 10.0 Å². The smallest absolute Gasteiger partial charge is 0.252 e. The molecule has 0 radical (unpaired) electrons. The van der Waals surface area contributed by atoms with E-state index >= 15 is 0 Å². The molecule has 132 valence electrons. The summed E-state index contributed by atoms with van der Waals surface area (Å²) in [5.41, 5.74) is 0.928. The van der Waals surface area contributed by atoms with Crippen molar-refractivity contribution in [1.29, 1.82) is 0 Å². The van der Waals surface area contributed by atoms with Crippen LogP contribution in [0.5, 0.6) is 0 Å². The van der Waals surface area contributed by atoms with Crippen LogP contribution in [0.3, 0.4) is 0 Å². The van der Waals surface area contributed by atoms with E-state index in [1.165, 1.54) is 11.3 Å². The van der Waals surface area contributed by atoms with E-state index in [4.69, 9.17) is 4.42 Å². The maximum absolute atomic E-state index is 12.7. The van der Waals surface area contributed by atoms with Gasteiger partial charge in [-0.2, -0.15) is 15.6 Å². The van der Waals surface area contributed by atoms with Gasteiger partial charge in [0.05, 0.1) is 0 Å². The van der Waals surface area contributed by atoms with Crippen LogP contribution in [0.4, 0.5) is 0 Å². The van der Waals surface area contributed by atoms with Gasteiger partial charge in [-0.1, -0.05) is 0 Å². The predicted molar refractivity (Wildman–Crippen MR) is 97.4 cm³/mol. The number of piperidine rings is 1. The first-order valence-corrected chi connectivity index (χ1v) is 11.2. The fraction of sp³-hybridized carbons (Fsp3) is 0.375. The van der Waals surface area contributed by atoms with Gasteiger partial charge >= 0.3 is 0 Å². The van der Waals surface area contributed by atoms with Crippen molar-refractivity contribution in [3.05, 3.63) is 39.7 Å². The average molecular weight is 396 g/mol. The molecule has 0 spiro atoms. The van der Waals surface area contributed by atoms with Gasteiger partial charge in [0.15, 0.2) is 0 Å². The molecule has 1 fully saturated rings. The minimum Gasteiger partial charge on any atom is -0.420 e. The molecule has 6 nitrogen and oxygen atoms in total. The quantitative estimate of drug-likeness (QED) is 0.673. The number of aryl methyl sites for hydroxylation is 1. The van der Waals surface area contributed by atoms with Gasteiger partial charge in [0.1, 0.15) is 4.21 Å². The van der Waals surface area contributed by atoms with Crippen molar-refractivity contribution in [2.75, 3.05) is 13.1 Å². The molecular formula is C16H17N3O3S3. The van der Waals surface area contributed by atoms with E-state index in [2.05, 4.69) is 10.2 Å². The van der Waals surface area contributed by atoms with Crippen molar-refractivity contribution < 1.29 is 12.8 Å². The standard InChI is InChI=1S/C16H17N3O3S3/c1-11-2-3-14(24-11)25(20,21)19-7-4-12(5-8-19)15-17-18-16(22-15)13-6-9-23-10-13/h2-3,6,9-10,12H,4-5,7-8H2,1H3. The Kier molecular flexibility index (Phi) is 4.48. The van der Waals surface area contributed by atoms with Gasteiger partial charge in [-0.15, -0.1) is 21.5 Å². The maximum atomic E-state index is 12.7. The van der Waals surface area contributed by atoms with Crippen LogP contribution < -0.4 is 0 Å². The summed E-state index contributed by atoms with van der Waals surface area (Å²) in [4.78, 5) is 1.00. The summed E-state index contributed by atoms with van der Waals surface area (Å²) in [5.74, 6) is 1.24. The molecule has 4 rings (SSSR count). The highest BCUT2D eigenvalue weighted by atomic mass is 32.2. The van der Waals surface area contributed by atoms with Gasteiger partial charge in [0.2, 0.25) is 11.8 Å². The van der Waals surface area contributed by atoms with Crippen LogP contribution in [0.2, 0.25) is 0 Å². The minimum absolute atomic E-state index is 0.108. The molecule has 0 unspecified atom stereocenters. The van der Waals surface area contributed by atoms with Gasteiger partial charge in [-0.3, -0.25) is 0 Å². The summed E-state index contributed by atoms with van der Waals surface area (Å²) < 4.78 is 33.2. The molecule has 1 saturated heterocycles. The Labute approximate surface area is 154 Å². The number of sulfonamides is 1. The molecule has 3 aromatic rings. The highest BCUT2D eigenvalue weighted by Gasteiger charge is 2.32. The van der Waals surface area contributed by atoms with Crippen molar-refractivity contribution in [2.24, 2.45) is 0 Å². The zero-order valence-electron chi connectivity index (χ0n) is 13.6. The third-order valence-electron chi connectivity index (χ3n) is 4.32. The highest BCUT2D eigenvalue weighted by molar-refractivity contribution is 7.91. The Bertz CT molecular complexity index is 952. The molecule has 0 aromatic carbocycles. The fourth-order valence-electron chi connectivity index (χ4n) is 2.92. The molecule has 0 bridgehead atoms. The van der Waals surface area contributed by atoms with Crippen LogP contribution >= 0.6 is 22.7 Å². The molecule has 0 amide bonds. The van der Waals surface area contributed by atoms with Crippen molar-refractivity contribution in [1.82, 2.24) is 14.5 Å². The maximum Gasteiger partial charge on any atom is 0.252 e. The van der Waals surface area contributed by atoms with Crippen LogP contribution in [0.25, 0.3) is 11.5 Å². The molecule has 3 aromatic heterocycles. The van der Waals surface area contributed by atoms with E-state index in [9.17, 15) is 8.42 Å². The second-order valence-corrected chi connectivity index (χ2v) is 10.2. The highest BCUT2D eigenvalue weighted by Crippen LogP contribution is 2.33. The van der Waals surface area contributed by atoms with Crippen molar-refractivity contribution in [3.63, 3.8) is 0 Å². The molecule has 1 aliphatic heterocycles. The Balaban J connectivity index is 1.45. The largest absolute Gasteiger partial charge is 0.420 e. The SMILES string of the molecule is Cc1ccc(S(=O)(=O)N2CCC(c3nnc(-c4ccsc4)o3)CC2)s1. The van der Waals surface area contributed by atoms with Gasteiger partial charge < -0.3 is 4.42 Å². The minimum atomic E-state index is -3.39. The summed E-state index contributed by atoms with van der Waals surface area (Å²) in [6.45, 7) is 2.86. The molecule has 0 aliphatic carbocycles. The third-order valence-corrected chi connectivity index (χ3v) is 8.37. The van der Waals surface area contributed by atoms with Gasteiger partial charge in [0, 0.05) is 34.8 Å². The van der Waals surface area contributed by atoms with Crippen molar-refractivity contribution in [2.45, 2.75) is 29.9 Å². The average Bonchev–Trinajstić information content (AvgIpc) is 3.35. The van der Waals surface area contributed by atoms with Gasteiger partial charge in [0.25, 0.3) is 10.0 Å². The number of nitrogens with zero attached hydrogens (tertiary/aromatic N) is 3. The van der Waals surface area contributed by atoms with E-state index in [1.54, 1.807) is 21.7 Å². The van der Waals surface area contributed by atoms with E-state index in [-0.39, 0.29) is 5.92 Å². The second kappa shape index (κ2) is 6.64. The lowest BCUT2D eigenvalue weighted by molar-refractivity contribution is 0.292. The monoisotopic (exact) mass is 395 g/mol. The lowest BCUT2D eigenvalue weighted by Crippen LogP contribution is -2.37. The lowest BCUT2D eigenvalue weighted by atomic mass is 9.98. The molecular weight excluding hydrogens is 378 g/mol. The zero-order chi connectivity index (χ0) is 17.4. The fourth-order valence-corrected chi connectivity index (χ4v) is 6.46. The van der Waals surface area contributed by atoms with Crippen LogP contribution in [-0.2, 0) is 10.0 Å². The van der Waals surface area contributed by atoms with E-state index in [0.29, 0.717) is 41.9 Å². The number of rotatable bonds is 4. The zero-order valence-corrected chi connectivity index (χ0v) is 16.0. The molecule has 9 heteroatoms. The van der Waals surface area contributed by atoms with Gasteiger partial charge in [-0.05, 0) is 43.3 Å². The Hall–Kier alpha value is -1.55. The van der Waals surface area contributed by atoms with E-state index in [0.717, 1.165) is 10.4 Å². The van der Waals surface area contributed by atoms with Gasteiger partial charge in [-0.25, -0.2) is 8.42 Å². The summed E-state index contributed by atoms with van der Waals surface area (Å²) in [6.07, 6.45) is 1.38. The summed E-state index contributed by atoms with van der Waals surface area (Å²) in [6, 6.07) is 5.47. The number of hydrogen-bond donors (Lipinski definition) is 0. The molecule has 1 aliphatic rings. The Morgan fingerprint density at radius 3 is 2.64 bits per heavy atom. The number of aromatic nitrogens is 2. The normalized spacial score (nSPS) is 17.2. The molecule has 4 heterocycles. The van der Waals surface area contributed by atoms with Crippen LogP contribution in [0, 0.1) is 6.92 Å². The number of thiophene rings is 2. The second-order valence-electron chi connectivity index (χ2n) is 6.00. The van der Waals surface area contributed by atoms with Crippen molar-refractivity contribution in [3.8, 4) is 11.5 Å². The first-order valence-electron chi connectivity index (χ1n) is 7.96. The topological polar surface area (TPSA) is 76.3 Å². The Morgan fingerprint density at radius 2 is 2.00 bits per heavy atom. The summed E-state index contributed by atoms with van der Waals surface area (Å²) in [7, 11) is -3.39. The molecule has 0 atom stereocenters. The first kappa shape index (κ1) is 16.9. The first-order chi connectivity index (χ1) is 12.0. The van der Waals surface area contributed by atoms with E-state index in [1.807, 2.05) is 29.8 Å². The molecule has 0 saturated carbocycles. The predicted octanol–water partition coefficient (Wildman–Crippen LogP) is 3.74. The number of hydrogen-bond acceptors (Lipinski definition) is 7. The molecule has 0 N–H and O–H groups in total. The summed E-state index contributed by atoms with van der Waals surface area (Å²) >= 11 is 2.90. The van der Waals surface area contributed by atoms with Crippen LogP contribution in [-0.4, -0.2) is 36.0 Å². The van der Waals surface area contributed by atoms with Crippen LogP contribution in [0.15, 0.2) is 37.6 Å².